The van der Waals surface area contributed by atoms with E-state index in [-0.39, 0.29) is 0 Å². The van der Waals surface area contributed by atoms with Gasteiger partial charge in [0.05, 0.1) is 0 Å². The molecule has 0 bridgehead atoms. The Balaban J connectivity index is 2.21. The van der Waals surface area contributed by atoms with Crippen LogP contribution in [0, 0.1) is 11.7 Å². The lowest BCUT2D eigenvalue weighted by molar-refractivity contribution is 0.499. The Bertz CT molecular complexity index is 374. The fourth-order valence-corrected chi connectivity index (χ4v) is 3.41. The van der Waals surface area contributed by atoms with Gasteiger partial charge in [-0.1, -0.05) is 0 Å². The smallest absolute Gasteiger partial charge is 0.195 e. The van der Waals surface area contributed by atoms with E-state index in [0.29, 0.717) is 4.75 Å². The number of aryl methyl sites for hydroxylation is 1. The summed E-state index contributed by atoms with van der Waals surface area (Å²) >= 11 is 7.24. The first-order valence-corrected chi connectivity index (χ1v) is 6.26. The molecule has 0 amide bonds. The van der Waals surface area contributed by atoms with Crippen LogP contribution in [0.1, 0.15) is 25.6 Å². The quantitative estimate of drug-likeness (QED) is 0.791. The van der Waals surface area contributed by atoms with Crippen LogP contribution in [-0.4, -0.2) is 25.3 Å². The summed E-state index contributed by atoms with van der Waals surface area (Å²) in [5.74, 6) is 2.27. The molecule has 2 rings (SSSR count). The standard InChI is InChI=1S/C9H15N3S2/c1-7-10-11-8(13)12(7)6-9(2)4-3-5-14-9/h3-6H2,1-2H3,(H,11,13). The van der Waals surface area contributed by atoms with Crippen LogP contribution in [0.5, 0.6) is 0 Å². The molecule has 1 unspecified atom stereocenters. The number of hydrogen-bond donors (Lipinski definition) is 1. The molecule has 2 heterocycles. The SMILES string of the molecule is Cc1n[nH]c(=S)n1CC1(C)CCCS1. The third-order valence-electron chi connectivity index (χ3n) is 2.74. The number of rotatable bonds is 2. The first-order valence-electron chi connectivity index (χ1n) is 4.86. The molecule has 0 saturated carbocycles. The molecule has 3 nitrogen and oxygen atoms in total. The molecule has 14 heavy (non-hydrogen) atoms. The van der Waals surface area contributed by atoms with E-state index in [1.807, 2.05) is 6.92 Å². The minimum Gasteiger partial charge on any atom is -0.303 e. The largest absolute Gasteiger partial charge is 0.303 e. The third-order valence-corrected chi connectivity index (χ3v) is 4.58. The molecule has 1 aromatic heterocycles. The molecule has 1 saturated heterocycles. The summed E-state index contributed by atoms with van der Waals surface area (Å²) in [5, 5.41) is 6.96. The summed E-state index contributed by atoms with van der Waals surface area (Å²) in [4.78, 5) is 0. The van der Waals surface area contributed by atoms with E-state index >= 15 is 0 Å². The topological polar surface area (TPSA) is 33.6 Å². The van der Waals surface area contributed by atoms with Crippen LogP contribution in [0.4, 0.5) is 0 Å². The van der Waals surface area contributed by atoms with Crippen molar-refractivity contribution in [3.8, 4) is 0 Å². The lowest BCUT2D eigenvalue weighted by Gasteiger charge is -2.23. The highest BCUT2D eigenvalue weighted by molar-refractivity contribution is 8.00. The Hall–Kier alpha value is -0.290. The summed E-state index contributed by atoms with van der Waals surface area (Å²) in [6.07, 6.45) is 2.61. The van der Waals surface area contributed by atoms with Gasteiger partial charge in [-0.25, -0.2) is 0 Å². The molecule has 0 spiro atoms. The monoisotopic (exact) mass is 229 g/mol. The van der Waals surface area contributed by atoms with Crippen molar-refractivity contribution in [1.82, 2.24) is 14.8 Å². The van der Waals surface area contributed by atoms with Crippen molar-refractivity contribution in [2.75, 3.05) is 5.75 Å². The highest BCUT2D eigenvalue weighted by Crippen LogP contribution is 2.39. The maximum absolute atomic E-state index is 5.19. The van der Waals surface area contributed by atoms with Crippen LogP contribution in [0.25, 0.3) is 0 Å². The molecule has 78 valence electrons. The van der Waals surface area contributed by atoms with E-state index in [0.717, 1.165) is 17.1 Å². The molecule has 0 aromatic carbocycles. The number of aromatic nitrogens is 3. The minimum atomic E-state index is 0.354. The van der Waals surface area contributed by atoms with Gasteiger partial charge in [-0.2, -0.15) is 16.9 Å². The van der Waals surface area contributed by atoms with Gasteiger partial charge in [-0.3, -0.25) is 5.10 Å². The second kappa shape index (κ2) is 3.70. The molecule has 1 N–H and O–H groups in total. The first kappa shape index (κ1) is 10.2. The fraction of sp³-hybridized carbons (Fsp3) is 0.778. The van der Waals surface area contributed by atoms with Gasteiger partial charge in [-0.15, -0.1) is 0 Å². The molecule has 0 aliphatic carbocycles. The van der Waals surface area contributed by atoms with Gasteiger partial charge in [0.15, 0.2) is 4.77 Å². The molecular formula is C9H15N3S2. The first-order chi connectivity index (χ1) is 6.61. The predicted molar refractivity (Wildman–Crippen MR) is 62.2 cm³/mol. The number of aromatic amines is 1. The lowest BCUT2D eigenvalue weighted by Crippen LogP contribution is -2.24. The van der Waals surface area contributed by atoms with E-state index in [2.05, 4.69) is 33.5 Å². The summed E-state index contributed by atoms with van der Waals surface area (Å²) in [7, 11) is 0. The summed E-state index contributed by atoms with van der Waals surface area (Å²) in [5.41, 5.74) is 0. The van der Waals surface area contributed by atoms with E-state index < -0.39 is 0 Å². The summed E-state index contributed by atoms with van der Waals surface area (Å²) < 4.78 is 3.21. The van der Waals surface area contributed by atoms with Crippen molar-refractivity contribution < 1.29 is 0 Å². The normalized spacial score (nSPS) is 27.0. The molecule has 1 aliphatic rings. The third kappa shape index (κ3) is 1.88. The zero-order valence-corrected chi connectivity index (χ0v) is 10.2. The Morgan fingerprint density at radius 3 is 3.00 bits per heavy atom. The van der Waals surface area contributed by atoms with Crippen molar-refractivity contribution in [2.45, 2.75) is 38.0 Å². The van der Waals surface area contributed by atoms with E-state index in [9.17, 15) is 0 Å². The Morgan fingerprint density at radius 1 is 1.71 bits per heavy atom. The van der Waals surface area contributed by atoms with Crippen molar-refractivity contribution >= 4 is 24.0 Å². The van der Waals surface area contributed by atoms with Crippen LogP contribution in [0.3, 0.4) is 0 Å². The molecule has 1 atom stereocenters. The number of thioether (sulfide) groups is 1. The van der Waals surface area contributed by atoms with Crippen molar-refractivity contribution in [3.63, 3.8) is 0 Å². The van der Waals surface area contributed by atoms with Crippen LogP contribution in [0.15, 0.2) is 0 Å². The number of nitrogens with zero attached hydrogens (tertiary/aromatic N) is 2. The minimum absolute atomic E-state index is 0.354. The van der Waals surface area contributed by atoms with E-state index in [1.54, 1.807) is 0 Å². The highest BCUT2D eigenvalue weighted by Gasteiger charge is 2.30. The zero-order valence-electron chi connectivity index (χ0n) is 8.54. The van der Waals surface area contributed by atoms with Gasteiger partial charge in [-0.05, 0) is 44.7 Å². The van der Waals surface area contributed by atoms with Gasteiger partial charge in [0.25, 0.3) is 0 Å². The number of H-pyrrole nitrogens is 1. The molecule has 1 aromatic rings. The van der Waals surface area contributed by atoms with Crippen molar-refractivity contribution in [1.29, 1.82) is 0 Å². The molecule has 1 fully saturated rings. The number of nitrogens with one attached hydrogen (secondary N) is 1. The van der Waals surface area contributed by atoms with Crippen molar-refractivity contribution in [3.05, 3.63) is 10.6 Å². The van der Waals surface area contributed by atoms with Crippen molar-refractivity contribution in [2.24, 2.45) is 0 Å². The Morgan fingerprint density at radius 2 is 2.50 bits per heavy atom. The van der Waals surface area contributed by atoms with Crippen LogP contribution < -0.4 is 0 Å². The molecule has 0 radical (unpaired) electrons. The summed E-state index contributed by atoms with van der Waals surface area (Å²) in [6.45, 7) is 5.30. The molecule has 5 heteroatoms. The molecule has 1 aliphatic heterocycles. The zero-order chi connectivity index (χ0) is 10.2. The van der Waals surface area contributed by atoms with Gasteiger partial charge in [0.2, 0.25) is 0 Å². The maximum Gasteiger partial charge on any atom is 0.195 e. The van der Waals surface area contributed by atoms with E-state index in [1.165, 1.54) is 18.6 Å². The average molecular weight is 229 g/mol. The Labute approximate surface area is 93.3 Å². The molecular weight excluding hydrogens is 214 g/mol. The van der Waals surface area contributed by atoms with Gasteiger partial charge in [0, 0.05) is 11.3 Å². The predicted octanol–water partition coefficient (Wildman–Crippen LogP) is 2.53. The number of hydrogen-bond acceptors (Lipinski definition) is 3. The van der Waals surface area contributed by atoms with Gasteiger partial charge in [0.1, 0.15) is 5.82 Å². The summed E-state index contributed by atoms with van der Waals surface area (Å²) in [6, 6.07) is 0. The van der Waals surface area contributed by atoms with Crippen LogP contribution >= 0.6 is 24.0 Å². The fourth-order valence-electron chi connectivity index (χ4n) is 1.88. The second-order valence-corrected chi connectivity index (χ2v) is 6.13. The van der Waals surface area contributed by atoms with Gasteiger partial charge >= 0.3 is 0 Å². The lowest BCUT2D eigenvalue weighted by atomic mass is 10.1. The van der Waals surface area contributed by atoms with Crippen LogP contribution in [-0.2, 0) is 6.54 Å². The average Bonchev–Trinajstić information content (AvgIpc) is 2.68. The maximum atomic E-state index is 5.19. The van der Waals surface area contributed by atoms with Crippen LogP contribution in [0.2, 0.25) is 0 Å². The Kier molecular flexibility index (Phi) is 2.70. The van der Waals surface area contributed by atoms with Gasteiger partial charge < -0.3 is 4.57 Å². The highest BCUT2D eigenvalue weighted by atomic mass is 32.2. The van der Waals surface area contributed by atoms with E-state index in [4.69, 9.17) is 12.2 Å². The second-order valence-electron chi connectivity index (χ2n) is 4.06.